The smallest absolute Gasteiger partial charge is 0.337 e. The Morgan fingerprint density at radius 2 is 2.08 bits per heavy atom. The number of hydrogen-bond acceptors (Lipinski definition) is 4. The van der Waals surface area contributed by atoms with E-state index in [2.05, 4.69) is 4.18 Å². The van der Waals surface area contributed by atoms with Gasteiger partial charge in [0.1, 0.15) is 6.10 Å². The lowest BCUT2D eigenvalue weighted by Gasteiger charge is -2.13. The minimum Gasteiger partial charge on any atom is -0.479 e. The molecule has 0 radical (unpaired) electrons. The zero-order valence-electron chi connectivity index (χ0n) is 6.72. The van der Waals surface area contributed by atoms with Gasteiger partial charge in [-0.05, 0) is 5.92 Å². The van der Waals surface area contributed by atoms with Gasteiger partial charge in [-0.3, -0.25) is 8.37 Å². The highest BCUT2D eigenvalue weighted by atomic mass is 32.2. The Hall–Kier alpha value is -0.460. The highest BCUT2D eigenvalue weighted by Gasteiger charge is 2.42. The van der Waals surface area contributed by atoms with Crippen LogP contribution in [0.2, 0.25) is 0 Å². The van der Waals surface area contributed by atoms with Crippen LogP contribution in [0, 0.1) is 5.92 Å². The molecule has 1 saturated heterocycles. The zero-order valence-corrected chi connectivity index (χ0v) is 7.54. The highest BCUT2D eigenvalue weighted by molar-refractivity contribution is 7.75. The van der Waals surface area contributed by atoms with Gasteiger partial charge in [-0.2, -0.15) is 4.21 Å². The summed E-state index contributed by atoms with van der Waals surface area (Å²) < 4.78 is 20.0. The van der Waals surface area contributed by atoms with Gasteiger partial charge in [0, 0.05) is 0 Å². The second kappa shape index (κ2) is 3.51. The Balaban J connectivity index is 2.72. The summed E-state index contributed by atoms with van der Waals surface area (Å²) in [6.45, 7) is 3.57. The van der Waals surface area contributed by atoms with Crippen LogP contribution in [-0.2, 0) is 24.5 Å². The van der Waals surface area contributed by atoms with E-state index in [9.17, 15) is 9.00 Å². The Labute approximate surface area is 72.5 Å². The van der Waals surface area contributed by atoms with Gasteiger partial charge in [0.15, 0.2) is 0 Å². The van der Waals surface area contributed by atoms with Gasteiger partial charge in [-0.1, -0.05) is 13.8 Å². The first-order valence-electron chi connectivity index (χ1n) is 3.51. The van der Waals surface area contributed by atoms with Crippen molar-refractivity contribution in [1.29, 1.82) is 0 Å². The maximum absolute atomic E-state index is 10.7. The molecule has 70 valence electrons. The van der Waals surface area contributed by atoms with Crippen LogP contribution in [0.5, 0.6) is 0 Å². The summed E-state index contributed by atoms with van der Waals surface area (Å²) in [5.41, 5.74) is 0. The number of carboxylic acid groups (broad SMARTS) is 1. The molecule has 0 spiro atoms. The molecule has 12 heavy (non-hydrogen) atoms. The first-order chi connectivity index (χ1) is 5.52. The van der Waals surface area contributed by atoms with Crippen molar-refractivity contribution >= 4 is 17.3 Å². The quantitative estimate of drug-likeness (QED) is 0.674. The molecule has 0 aromatic heterocycles. The van der Waals surface area contributed by atoms with E-state index in [1.54, 1.807) is 13.8 Å². The molecule has 1 unspecified atom stereocenters. The Morgan fingerprint density at radius 1 is 1.50 bits per heavy atom. The Morgan fingerprint density at radius 3 is 2.42 bits per heavy atom. The maximum Gasteiger partial charge on any atom is 0.337 e. The van der Waals surface area contributed by atoms with Gasteiger partial charge in [0.25, 0.3) is 0 Å². The molecule has 0 amide bonds. The van der Waals surface area contributed by atoms with Crippen LogP contribution in [0.15, 0.2) is 0 Å². The molecule has 6 heteroatoms. The number of rotatable bonds is 2. The van der Waals surface area contributed by atoms with Crippen LogP contribution in [0.25, 0.3) is 0 Å². The van der Waals surface area contributed by atoms with Crippen molar-refractivity contribution in [2.24, 2.45) is 5.92 Å². The molecule has 1 aliphatic rings. The lowest BCUT2D eigenvalue weighted by atomic mass is 10.0. The van der Waals surface area contributed by atoms with Gasteiger partial charge in [0.05, 0.1) is 0 Å². The number of carbonyl (C=O) groups is 1. The molecule has 1 heterocycles. The molecule has 0 aliphatic carbocycles. The third-order valence-electron chi connectivity index (χ3n) is 1.57. The minimum absolute atomic E-state index is 0.0300. The van der Waals surface area contributed by atoms with Crippen LogP contribution >= 0.6 is 0 Å². The summed E-state index contributed by atoms with van der Waals surface area (Å²) >= 11 is -1.90. The molecule has 0 aromatic carbocycles. The van der Waals surface area contributed by atoms with Crippen molar-refractivity contribution in [2.75, 3.05) is 0 Å². The summed E-state index contributed by atoms with van der Waals surface area (Å²) in [5, 5.41) is 8.61. The third kappa shape index (κ3) is 1.82. The number of carboxylic acids is 1. The predicted octanol–water partition coefficient (Wildman–Crippen LogP) is 0.0897. The summed E-state index contributed by atoms with van der Waals surface area (Å²) in [6.07, 6.45) is -1.73. The second-order valence-electron chi connectivity index (χ2n) is 2.86. The molecule has 1 N–H and O–H groups in total. The molecule has 1 fully saturated rings. The van der Waals surface area contributed by atoms with Crippen molar-refractivity contribution in [3.05, 3.63) is 0 Å². The molecule has 0 aromatic rings. The Kier molecular flexibility index (Phi) is 2.81. The minimum atomic E-state index is -1.90. The van der Waals surface area contributed by atoms with Crippen molar-refractivity contribution in [2.45, 2.75) is 26.1 Å². The fourth-order valence-corrected chi connectivity index (χ4v) is 1.86. The normalized spacial score (nSPS) is 35.8. The first kappa shape index (κ1) is 9.63. The van der Waals surface area contributed by atoms with Gasteiger partial charge >= 0.3 is 17.3 Å². The van der Waals surface area contributed by atoms with Crippen molar-refractivity contribution in [1.82, 2.24) is 0 Å². The fraction of sp³-hybridized carbons (Fsp3) is 0.833. The lowest BCUT2D eigenvalue weighted by Crippen LogP contribution is -2.34. The molecule has 3 atom stereocenters. The van der Waals surface area contributed by atoms with Gasteiger partial charge < -0.3 is 5.11 Å². The predicted molar refractivity (Wildman–Crippen MR) is 40.4 cm³/mol. The standard InChI is InChI=1S/C6H10O5S/c1-3(2)4-5(6(7)8)11-12(9)10-4/h3-5H,1-2H3,(H,7,8)/t4-,5+,12?/m0/s1. The monoisotopic (exact) mass is 194 g/mol. The average molecular weight is 194 g/mol. The van der Waals surface area contributed by atoms with E-state index < -0.39 is 29.5 Å². The molecule has 5 nitrogen and oxygen atoms in total. The van der Waals surface area contributed by atoms with E-state index in [0.29, 0.717) is 0 Å². The summed E-state index contributed by atoms with van der Waals surface area (Å²) in [6, 6.07) is 0. The molecule has 0 saturated carbocycles. The van der Waals surface area contributed by atoms with Crippen molar-refractivity contribution in [3.8, 4) is 0 Å². The molecule has 1 rings (SSSR count). The van der Waals surface area contributed by atoms with Gasteiger partial charge in [-0.25, -0.2) is 4.79 Å². The molecular weight excluding hydrogens is 184 g/mol. The van der Waals surface area contributed by atoms with E-state index in [1.807, 2.05) is 0 Å². The zero-order chi connectivity index (χ0) is 9.30. The van der Waals surface area contributed by atoms with Crippen LogP contribution in [0.1, 0.15) is 13.8 Å². The SMILES string of the molecule is CC(C)[C@@H]1OS(=O)O[C@H]1C(=O)O. The molecular formula is C6H10O5S. The van der Waals surface area contributed by atoms with Crippen molar-refractivity contribution in [3.63, 3.8) is 0 Å². The molecule has 1 aliphatic heterocycles. The molecule has 0 bridgehead atoms. The van der Waals surface area contributed by atoms with E-state index in [0.717, 1.165) is 0 Å². The van der Waals surface area contributed by atoms with Gasteiger partial charge in [0.2, 0.25) is 6.10 Å². The van der Waals surface area contributed by atoms with E-state index in [1.165, 1.54) is 0 Å². The second-order valence-corrected chi connectivity index (χ2v) is 3.66. The third-order valence-corrected chi connectivity index (χ3v) is 2.31. The average Bonchev–Trinajstić information content (AvgIpc) is 2.31. The van der Waals surface area contributed by atoms with E-state index in [-0.39, 0.29) is 5.92 Å². The van der Waals surface area contributed by atoms with Crippen molar-refractivity contribution < 1.29 is 22.5 Å². The highest BCUT2D eigenvalue weighted by Crippen LogP contribution is 2.23. The van der Waals surface area contributed by atoms with Crippen LogP contribution in [-0.4, -0.2) is 27.5 Å². The Bertz CT molecular complexity index is 214. The number of aliphatic carboxylic acids is 1. The van der Waals surface area contributed by atoms with Gasteiger partial charge in [-0.15, -0.1) is 0 Å². The first-order valence-corrected chi connectivity index (χ1v) is 4.51. The summed E-state index contributed by atoms with van der Waals surface area (Å²) in [4.78, 5) is 10.5. The summed E-state index contributed by atoms with van der Waals surface area (Å²) in [7, 11) is 0. The lowest BCUT2D eigenvalue weighted by molar-refractivity contribution is -0.146. The van der Waals surface area contributed by atoms with E-state index >= 15 is 0 Å². The maximum atomic E-state index is 10.7. The van der Waals surface area contributed by atoms with E-state index in [4.69, 9.17) is 9.29 Å². The van der Waals surface area contributed by atoms with Crippen LogP contribution in [0.3, 0.4) is 0 Å². The van der Waals surface area contributed by atoms with Crippen LogP contribution < -0.4 is 0 Å². The fourth-order valence-electron chi connectivity index (χ4n) is 0.946. The van der Waals surface area contributed by atoms with Crippen LogP contribution in [0.4, 0.5) is 0 Å². The number of hydrogen-bond donors (Lipinski definition) is 1. The largest absolute Gasteiger partial charge is 0.479 e. The summed E-state index contributed by atoms with van der Waals surface area (Å²) in [5.74, 6) is -1.17. The topological polar surface area (TPSA) is 72.8 Å².